The van der Waals surface area contributed by atoms with Gasteiger partial charge in [-0.25, -0.2) is 4.79 Å². The van der Waals surface area contributed by atoms with Crippen molar-refractivity contribution < 1.29 is 29.4 Å². The van der Waals surface area contributed by atoms with E-state index in [-0.39, 0.29) is 12.8 Å². The van der Waals surface area contributed by atoms with Crippen LogP contribution in [0.4, 0.5) is 0 Å². The first-order chi connectivity index (χ1) is 16.5. The van der Waals surface area contributed by atoms with Crippen LogP contribution in [0.2, 0.25) is 0 Å². The number of aromatic nitrogens is 1. The monoisotopic (exact) mass is 507 g/mol. The van der Waals surface area contributed by atoms with Crippen LogP contribution < -0.4 is 21.7 Å². The van der Waals surface area contributed by atoms with E-state index in [1.165, 1.54) is 25.6 Å². The number of aliphatic hydroxyl groups excluding tert-OH is 1. The standard InChI is InChI=1S/C23H33N5O6S/c1-12(24)20(30)26-17(8-9-35-3)21(31)28-19(13(2)29)22(32)27-18(23(33)34)10-14-11-25-16-7-5-4-6-15(14)16/h4-7,11-13,17-19,25,29H,8-10,24H2,1-3H3,(H,26,30)(H,27,32)(H,28,31)(H,33,34). The molecule has 192 valence electrons. The number of carboxylic acid groups (broad SMARTS) is 1. The van der Waals surface area contributed by atoms with Gasteiger partial charge in [-0.05, 0) is 43.9 Å². The maximum Gasteiger partial charge on any atom is 0.326 e. The Morgan fingerprint density at radius 1 is 1.03 bits per heavy atom. The van der Waals surface area contributed by atoms with Gasteiger partial charge in [0.05, 0.1) is 12.1 Å². The lowest BCUT2D eigenvalue weighted by molar-refractivity contribution is -0.143. The molecule has 5 atom stereocenters. The first kappa shape index (κ1) is 28.1. The number of benzene rings is 1. The summed E-state index contributed by atoms with van der Waals surface area (Å²) in [6.45, 7) is 2.78. The third-order valence-corrected chi connectivity index (χ3v) is 6.08. The van der Waals surface area contributed by atoms with Crippen LogP contribution in [0.25, 0.3) is 10.9 Å². The van der Waals surface area contributed by atoms with Crippen molar-refractivity contribution in [3.63, 3.8) is 0 Å². The van der Waals surface area contributed by atoms with Crippen molar-refractivity contribution >= 4 is 46.4 Å². The fraction of sp³-hybridized carbons (Fsp3) is 0.478. The van der Waals surface area contributed by atoms with Gasteiger partial charge in [0.1, 0.15) is 18.1 Å². The Morgan fingerprint density at radius 2 is 1.69 bits per heavy atom. The van der Waals surface area contributed by atoms with E-state index in [1.807, 2.05) is 30.5 Å². The zero-order valence-electron chi connectivity index (χ0n) is 19.9. The molecule has 1 aromatic heterocycles. The minimum absolute atomic E-state index is 0.00758. The minimum atomic E-state index is -1.43. The van der Waals surface area contributed by atoms with Gasteiger partial charge in [0.2, 0.25) is 17.7 Å². The van der Waals surface area contributed by atoms with Crippen molar-refractivity contribution in [2.24, 2.45) is 5.73 Å². The van der Waals surface area contributed by atoms with Gasteiger partial charge in [-0.1, -0.05) is 18.2 Å². The van der Waals surface area contributed by atoms with Crippen molar-refractivity contribution in [3.8, 4) is 0 Å². The number of rotatable bonds is 13. The van der Waals surface area contributed by atoms with E-state index >= 15 is 0 Å². The van der Waals surface area contributed by atoms with Crippen molar-refractivity contribution in [1.82, 2.24) is 20.9 Å². The Morgan fingerprint density at radius 3 is 2.29 bits per heavy atom. The third-order valence-electron chi connectivity index (χ3n) is 5.43. The Balaban J connectivity index is 2.14. The summed E-state index contributed by atoms with van der Waals surface area (Å²) >= 11 is 1.47. The number of hydrogen-bond acceptors (Lipinski definition) is 7. The number of H-pyrrole nitrogens is 1. The summed E-state index contributed by atoms with van der Waals surface area (Å²) in [5, 5.41) is 28.1. The molecule has 1 heterocycles. The van der Waals surface area contributed by atoms with Gasteiger partial charge in [0.25, 0.3) is 0 Å². The van der Waals surface area contributed by atoms with Crippen LogP contribution in [0.3, 0.4) is 0 Å². The third kappa shape index (κ3) is 7.98. The zero-order chi connectivity index (χ0) is 26.1. The summed E-state index contributed by atoms with van der Waals surface area (Å²) in [5.74, 6) is -2.79. The molecule has 1 aromatic carbocycles. The van der Waals surface area contributed by atoms with Gasteiger partial charge in [0, 0.05) is 23.5 Å². The number of thioether (sulfide) groups is 1. The number of carbonyl (C=O) groups is 4. The second-order valence-corrected chi connectivity index (χ2v) is 9.31. The lowest BCUT2D eigenvalue weighted by Crippen LogP contribution is -2.60. The van der Waals surface area contributed by atoms with Crippen LogP contribution in [-0.2, 0) is 25.6 Å². The molecule has 8 N–H and O–H groups in total. The van der Waals surface area contributed by atoms with Gasteiger partial charge in [-0.15, -0.1) is 0 Å². The molecule has 2 aromatic rings. The SMILES string of the molecule is CSCCC(NC(=O)C(C)N)C(=O)NC(C(=O)NC(Cc1c[nH]c2ccccc12)C(=O)O)C(C)O. The lowest BCUT2D eigenvalue weighted by Gasteiger charge is -2.26. The molecule has 0 fully saturated rings. The molecule has 11 nitrogen and oxygen atoms in total. The first-order valence-corrected chi connectivity index (χ1v) is 12.6. The largest absolute Gasteiger partial charge is 0.480 e. The van der Waals surface area contributed by atoms with Crippen molar-refractivity contribution in [2.75, 3.05) is 12.0 Å². The highest BCUT2D eigenvalue weighted by Gasteiger charge is 2.32. The lowest BCUT2D eigenvalue weighted by atomic mass is 10.0. The van der Waals surface area contributed by atoms with Gasteiger partial charge in [0.15, 0.2) is 0 Å². The number of amides is 3. The van der Waals surface area contributed by atoms with E-state index in [2.05, 4.69) is 20.9 Å². The Hall–Kier alpha value is -3.09. The molecule has 2 rings (SSSR count). The molecular weight excluding hydrogens is 474 g/mol. The highest BCUT2D eigenvalue weighted by molar-refractivity contribution is 7.98. The number of nitrogens with two attached hydrogens (primary N) is 1. The molecule has 12 heteroatoms. The second-order valence-electron chi connectivity index (χ2n) is 8.32. The summed E-state index contributed by atoms with van der Waals surface area (Å²) in [5.41, 5.74) is 7.10. The van der Waals surface area contributed by atoms with Crippen LogP contribution in [0, 0.1) is 0 Å². The smallest absolute Gasteiger partial charge is 0.326 e. The van der Waals surface area contributed by atoms with E-state index in [0.717, 1.165) is 10.9 Å². The maximum absolute atomic E-state index is 12.9. The minimum Gasteiger partial charge on any atom is -0.480 e. The normalized spacial score (nSPS) is 15.5. The molecule has 0 radical (unpaired) electrons. The molecule has 0 aliphatic heterocycles. The van der Waals surface area contributed by atoms with E-state index in [4.69, 9.17) is 5.73 Å². The number of para-hydroxylation sites is 1. The Bertz CT molecular complexity index is 1040. The highest BCUT2D eigenvalue weighted by atomic mass is 32.2. The van der Waals surface area contributed by atoms with Gasteiger partial charge >= 0.3 is 5.97 Å². The van der Waals surface area contributed by atoms with Gasteiger partial charge in [-0.3, -0.25) is 14.4 Å². The molecule has 5 unspecified atom stereocenters. The number of carbonyl (C=O) groups excluding carboxylic acids is 3. The first-order valence-electron chi connectivity index (χ1n) is 11.2. The van der Waals surface area contributed by atoms with Gasteiger partial charge in [-0.2, -0.15) is 11.8 Å². The number of hydrogen-bond donors (Lipinski definition) is 7. The topological polar surface area (TPSA) is 187 Å². The number of aromatic amines is 1. The van der Waals surface area contributed by atoms with Crippen LogP contribution >= 0.6 is 11.8 Å². The van der Waals surface area contributed by atoms with E-state index in [0.29, 0.717) is 11.3 Å². The van der Waals surface area contributed by atoms with Crippen LogP contribution in [0.1, 0.15) is 25.8 Å². The fourth-order valence-corrected chi connectivity index (χ4v) is 3.92. The average molecular weight is 508 g/mol. The van der Waals surface area contributed by atoms with Crippen molar-refractivity contribution in [1.29, 1.82) is 0 Å². The highest BCUT2D eigenvalue weighted by Crippen LogP contribution is 2.19. The number of aliphatic carboxylic acids is 1. The predicted molar refractivity (Wildman–Crippen MR) is 134 cm³/mol. The van der Waals surface area contributed by atoms with Crippen LogP contribution in [-0.4, -0.2) is 81.2 Å². The summed E-state index contributed by atoms with van der Waals surface area (Å²) < 4.78 is 0. The second kappa shape index (κ2) is 13.1. The number of aliphatic hydroxyl groups is 1. The number of fused-ring (bicyclic) bond motifs is 1. The van der Waals surface area contributed by atoms with Gasteiger partial charge < -0.3 is 36.9 Å². The Kier molecular flexibility index (Phi) is 10.6. The fourth-order valence-electron chi connectivity index (χ4n) is 3.45. The van der Waals surface area contributed by atoms with E-state index in [9.17, 15) is 29.4 Å². The molecule has 0 spiro atoms. The number of carboxylic acids is 1. The molecule has 0 aliphatic carbocycles. The summed E-state index contributed by atoms with van der Waals surface area (Å²) in [4.78, 5) is 52.8. The predicted octanol–water partition coefficient (Wildman–Crippen LogP) is -0.269. The molecular formula is C23H33N5O6S. The number of nitrogens with one attached hydrogen (secondary N) is 4. The molecule has 0 saturated heterocycles. The van der Waals surface area contributed by atoms with Crippen LogP contribution in [0.15, 0.2) is 30.5 Å². The Labute approximate surface area is 207 Å². The summed E-state index contributed by atoms with van der Waals surface area (Å²) in [6.07, 6.45) is 2.46. The van der Waals surface area contributed by atoms with Crippen LogP contribution in [0.5, 0.6) is 0 Å². The summed E-state index contributed by atoms with van der Waals surface area (Å²) in [7, 11) is 0. The molecule has 0 bridgehead atoms. The molecule has 35 heavy (non-hydrogen) atoms. The maximum atomic E-state index is 12.9. The molecule has 0 saturated carbocycles. The molecule has 0 aliphatic rings. The van der Waals surface area contributed by atoms with E-state index in [1.54, 1.807) is 6.20 Å². The zero-order valence-corrected chi connectivity index (χ0v) is 20.7. The average Bonchev–Trinajstić information content (AvgIpc) is 3.21. The van der Waals surface area contributed by atoms with E-state index < -0.39 is 54.0 Å². The molecule has 3 amide bonds. The van der Waals surface area contributed by atoms with Crippen molar-refractivity contribution in [3.05, 3.63) is 36.0 Å². The quantitative estimate of drug-likeness (QED) is 0.193. The van der Waals surface area contributed by atoms with Crippen molar-refractivity contribution in [2.45, 2.75) is 57.0 Å². The summed E-state index contributed by atoms with van der Waals surface area (Å²) in [6, 6.07) is 2.81.